The third-order valence-corrected chi connectivity index (χ3v) is 4.35. The average molecular weight is 354 g/mol. The summed E-state index contributed by atoms with van der Waals surface area (Å²) in [5.74, 6) is -1.35. The third-order valence-electron chi connectivity index (χ3n) is 3.08. The Hall–Kier alpha value is -2.65. The van der Waals surface area contributed by atoms with Crippen LogP contribution in [0.5, 0.6) is 11.5 Å². The summed E-state index contributed by atoms with van der Waals surface area (Å²) >= 11 is 0. The number of carbonyl (C=O) groups excluding carboxylic acids is 1. The molecule has 2 N–H and O–H groups in total. The van der Waals surface area contributed by atoms with Crippen molar-refractivity contribution in [2.75, 3.05) is 14.2 Å². The number of rotatable bonds is 6. The highest BCUT2D eigenvalue weighted by Crippen LogP contribution is 2.27. The molecule has 0 saturated heterocycles. The highest BCUT2D eigenvalue weighted by atomic mass is 32.2. The molecule has 1 amide bonds. The van der Waals surface area contributed by atoms with Crippen molar-refractivity contribution in [3.63, 3.8) is 0 Å². The van der Waals surface area contributed by atoms with Crippen LogP contribution in [0.25, 0.3) is 0 Å². The first-order chi connectivity index (χ1) is 11.4. The zero-order valence-corrected chi connectivity index (χ0v) is 13.7. The SMILES string of the molecule is COc1ccc(OC)c(S(=O)(=O)NNC(=O)c2ccccc2F)c1. The van der Waals surface area contributed by atoms with Crippen LogP contribution >= 0.6 is 0 Å². The van der Waals surface area contributed by atoms with E-state index in [9.17, 15) is 17.6 Å². The molecule has 128 valence electrons. The van der Waals surface area contributed by atoms with Crippen LogP contribution in [-0.2, 0) is 10.0 Å². The molecule has 0 spiro atoms. The Balaban J connectivity index is 2.23. The van der Waals surface area contributed by atoms with Gasteiger partial charge in [0.1, 0.15) is 22.2 Å². The average Bonchev–Trinajstić information content (AvgIpc) is 2.59. The van der Waals surface area contributed by atoms with E-state index in [1.807, 2.05) is 10.3 Å². The van der Waals surface area contributed by atoms with Crippen molar-refractivity contribution in [2.45, 2.75) is 4.90 Å². The molecule has 2 aromatic rings. The molecule has 2 aromatic carbocycles. The second kappa shape index (κ2) is 7.28. The number of hydrogen-bond donors (Lipinski definition) is 2. The second-order valence-electron chi connectivity index (χ2n) is 4.56. The first-order valence-electron chi connectivity index (χ1n) is 6.67. The minimum Gasteiger partial charge on any atom is -0.497 e. The van der Waals surface area contributed by atoms with Crippen LogP contribution in [0.2, 0.25) is 0 Å². The minimum absolute atomic E-state index is 0.0587. The molecule has 0 aromatic heterocycles. The third kappa shape index (κ3) is 3.81. The molecule has 7 nitrogen and oxygen atoms in total. The largest absolute Gasteiger partial charge is 0.497 e. The first-order valence-corrected chi connectivity index (χ1v) is 8.16. The lowest BCUT2D eigenvalue weighted by atomic mass is 10.2. The number of hydrazine groups is 1. The zero-order chi connectivity index (χ0) is 17.7. The number of hydrogen-bond acceptors (Lipinski definition) is 5. The quantitative estimate of drug-likeness (QED) is 0.766. The van der Waals surface area contributed by atoms with Gasteiger partial charge in [-0.15, -0.1) is 4.83 Å². The molecule has 0 aliphatic rings. The maximum absolute atomic E-state index is 13.5. The van der Waals surface area contributed by atoms with E-state index in [4.69, 9.17) is 9.47 Å². The molecule has 0 heterocycles. The summed E-state index contributed by atoms with van der Waals surface area (Å²) in [5.41, 5.74) is 1.66. The lowest BCUT2D eigenvalue weighted by Crippen LogP contribution is -2.41. The van der Waals surface area contributed by atoms with E-state index >= 15 is 0 Å². The Morgan fingerprint density at radius 3 is 2.42 bits per heavy atom. The highest BCUT2D eigenvalue weighted by molar-refractivity contribution is 7.89. The van der Waals surface area contributed by atoms with Crippen molar-refractivity contribution in [2.24, 2.45) is 0 Å². The van der Waals surface area contributed by atoms with Gasteiger partial charge in [-0.3, -0.25) is 10.2 Å². The normalized spacial score (nSPS) is 11.0. The van der Waals surface area contributed by atoms with Crippen LogP contribution < -0.4 is 19.7 Å². The van der Waals surface area contributed by atoms with Crippen LogP contribution in [0.1, 0.15) is 10.4 Å². The van der Waals surface area contributed by atoms with E-state index in [-0.39, 0.29) is 22.0 Å². The Labute approximate surface area is 138 Å². The van der Waals surface area contributed by atoms with Gasteiger partial charge in [0.05, 0.1) is 19.8 Å². The Bertz CT molecular complexity index is 855. The van der Waals surface area contributed by atoms with Crippen molar-refractivity contribution in [1.29, 1.82) is 0 Å². The van der Waals surface area contributed by atoms with Gasteiger partial charge in [-0.05, 0) is 24.3 Å². The fourth-order valence-electron chi connectivity index (χ4n) is 1.88. The minimum atomic E-state index is -4.16. The van der Waals surface area contributed by atoms with Crippen LogP contribution in [-0.4, -0.2) is 28.5 Å². The van der Waals surface area contributed by atoms with Crippen molar-refractivity contribution < 1.29 is 27.1 Å². The van der Waals surface area contributed by atoms with Gasteiger partial charge < -0.3 is 9.47 Å². The molecule has 9 heteroatoms. The maximum atomic E-state index is 13.5. The topological polar surface area (TPSA) is 93.7 Å². The van der Waals surface area contributed by atoms with Gasteiger partial charge >= 0.3 is 0 Å². The van der Waals surface area contributed by atoms with Gasteiger partial charge in [-0.1, -0.05) is 12.1 Å². The molecular formula is C15H15FN2O5S. The molecule has 0 aliphatic heterocycles. The number of sulfonamides is 1. The van der Waals surface area contributed by atoms with Crippen molar-refractivity contribution in [3.8, 4) is 11.5 Å². The summed E-state index contributed by atoms with van der Waals surface area (Å²) < 4.78 is 48.2. The van der Waals surface area contributed by atoms with Crippen LogP contribution in [0.15, 0.2) is 47.4 Å². The van der Waals surface area contributed by atoms with Gasteiger partial charge in [0, 0.05) is 6.07 Å². The number of benzene rings is 2. The summed E-state index contributed by atoms with van der Waals surface area (Å²) in [6, 6.07) is 9.35. The Kier molecular flexibility index (Phi) is 5.37. The fourth-order valence-corrected chi connectivity index (χ4v) is 2.90. The first kappa shape index (κ1) is 17.7. The van der Waals surface area contributed by atoms with Gasteiger partial charge in [0.15, 0.2) is 0 Å². The van der Waals surface area contributed by atoms with E-state index in [0.717, 1.165) is 6.07 Å². The molecule has 0 saturated carbocycles. The van der Waals surface area contributed by atoms with E-state index in [1.165, 1.54) is 50.6 Å². The Morgan fingerprint density at radius 2 is 1.79 bits per heavy atom. The highest BCUT2D eigenvalue weighted by Gasteiger charge is 2.22. The lowest BCUT2D eigenvalue weighted by Gasteiger charge is -2.13. The van der Waals surface area contributed by atoms with Gasteiger partial charge in [-0.25, -0.2) is 12.8 Å². The van der Waals surface area contributed by atoms with E-state index in [0.29, 0.717) is 0 Å². The van der Waals surface area contributed by atoms with Crippen LogP contribution in [0.3, 0.4) is 0 Å². The zero-order valence-electron chi connectivity index (χ0n) is 12.9. The van der Waals surface area contributed by atoms with E-state index in [2.05, 4.69) is 0 Å². The maximum Gasteiger partial charge on any atom is 0.269 e. The van der Waals surface area contributed by atoms with Gasteiger partial charge in [0.2, 0.25) is 0 Å². The molecule has 0 unspecified atom stereocenters. The lowest BCUT2D eigenvalue weighted by molar-refractivity contribution is 0.0941. The van der Waals surface area contributed by atoms with E-state index < -0.39 is 21.7 Å². The van der Waals surface area contributed by atoms with Crippen LogP contribution in [0.4, 0.5) is 4.39 Å². The summed E-state index contributed by atoms with van der Waals surface area (Å²) in [5, 5.41) is 0. The number of nitrogens with one attached hydrogen (secondary N) is 2. The van der Waals surface area contributed by atoms with Crippen LogP contribution in [0, 0.1) is 5.82 Å². The predicted molar refractivity (Wildman–Crippen MR) is 83.7 cm³/mol. The van der Waals surface area contributed by atoms with Crippen molar-refractivity contribution >= 4 is 15.9 Å². The number of carbonyl (C=O) groups is 1. The standard InChI is InChI=1S/C15H15FN2O5S/c1-22-10-7-8-13(23-2)14(9-10)24(20,21)18-17-15(19)11-5-3-4-6-12(11)16/h3-9,18H,1-2H3,(H,17,19). The van der Waals surface area contributed by atoms with Gasteiger partial charge in [0.25, 0.3) is 15.9 Å². The summed E-state index contributed by atoms with van der Waals surface area (Å²) in [4.78, 5) is 13.5. The van der Waals surface area contributed by atoms with Crippen molar-refractivity contribution in [3.05, 3.63) is 53.8 Å². The smallest absolute Gasteiger partial charge is 0.269 e. The monoisotopic (exact) mass is 354 g/mol. The molecule has 0 radical (unpaired) electrons. The molecule has 0 bridgehead atoms. The Morgan fingerprint density at radius 1 is 1.08 bits per heavy atom. The summed E-state index contributed by atoms with van der Waals surface area (Å²) in [6.07, 6.45) is 0. The van der Waals surface area contributed by atoms with Crippen molar-refractivity contribution in [1.82, 2.24) is 10.3 Å². The molecule has 0 aliphatic carbocycles. The fraction of sp³-hybridized carbons (Fsp3) is 0.133. The molecule has 2 rings (SSSR count). The van der Waals surface area contributed by atoms with E-state index in [1.54, 1.807) is 0 Å². The number of amides is 1. The van der Waals surface area contributed by atoms with Gasteiger partial charge in [-0.2, -0.15) is 0 Å². The molecule has 0 fully saturated rings. The number of ether oxygens (including phenoxy) is 2. The second-order valence-corrected chi connectivity index (χ2v) is 6.21. The number of methoxy groups -OCH3 is 2. The molecular weight excluding hydrogens is 339 g/mol. The summed E-state index contributed by atoms with van der Waals surface area (Å²) in [6.45, 7) is 0. The summed E-state index contributed by atoms with van der Waals surface area (Å²) in [7, 11) is -1.48. The molecule has 24 heavy (non-hydrogen) atoms. The predicted octanol–water partition coefficient (Wildman–Crippen LogP) is 1.47. The number of halogens is 1. The molecule has 0 atom stereocenters.